The highest BCUT2D eigenvalue weighted by molar-refractivity contribution is 5.87. The molecule has 2 aromatic carbocycles. The van der Waals surface area contributed by atoms with Crippen LogP contribution >= 0.6 is 0 Å². The maximum absolute atomic E-state index is 12.9. The molecule has 0 unspecified atom stereocenters. The summed E-state index contributed by atoms with van der Waals surface area (Å²) in [6, 6.07) is 17.6. The molecular weight excluding hydrogens is 1020 g/mol. The number of nitrogens with two attached hydrogens (primary N) is 1. The van der Waals surface area contributed by atoms with Gasteiger partial charge in [0.25, 0.3) is 0 Å². The minimum atomic E-state index is -1.12. The molecule has 0 saturated heterocycles. The maximum atomic E-state index is 12.9. The number of carboxylic acids is 1. The Hall–Kier alpha value is -6.44. The molecule has 20 heteroatoms. The predicted molar refractivity (Wildman–Crippen MR) is 303 cm³/mol. The van der Waals surface area contributed by atoms with Gasteiger partial charge in [0.15, 0.2) is 5.78 Å². The lowest BCUT2D eigenvalue weighted by Gasteiger charge is -2.23. The molecule has 0 radical (unpaired) electrons. The second-order valence-corrected chi connectivity index (χ2v) is 22.9. The van der Waals surface area contributed by atoms with E-state index in [9.17, 15) is 38.4 Å². The van der Waals surface area contributed by atoms with Crippen molar-refractivity contribution in [3.05, 3.63) is 71.8 Å². The summed E-state index contributed by atoms with van der Waals surface area (Å²) in [6.45, 7) is 23.2. The fraction of sp³-hybridized carbons (Fsp3) is 0.661. The average molecular weight is 1120 g/mol. The lowest BCUT2D eigenvalue weighted by atomic mass is 10.00. The van der Waals surface area contributed by atoms with E-state index in [1.807, 2.05) is 60.7 Å². The van der Waals surface area contributed by atoms with Crippen LogP contribution in [0.1, 0.15) is 197 Å². The van der Waals surface area contributed by atoms with E-state index < -0.39 is 64.8 Å². The SMILES string of the molecule is CC(C)(C)OC(=O)NCCCC[C@H](NC(=O)OC(C)(C)C)C(=O)CCCCCCC(=O)OCc1ccccc1.CC(C)(C)OC(=O)NCCCC[C@H](NC(=O)OC(C)(C)C)C(=O)O.NCCCCCC(=O)OCc1ccccc1. The van der Waals surface area contributed by atoms with E-state index in [0.29, 0.717) is 90.4 Å². The summed E-state index contributed by atoms with van der Waals surface area (Å²) in [4.78, 5) is 94.5. The van der Waals surface area contributed by atoms with Crippen molar-refractivity contribution in [3.8, 4) is 0 Å². The van der Waals surface area contributed by atoms with Crippen LogP contribution in [0.5, 0.6) is 0 Å². The van der Waals surface area contributed by atoms with Crippen LogP contribution in [0.3, 0.4) is 0 Å². The van der Waals surface area contributed by atoms with Crippen LogP contribution in [0, 0.1) is 0 Å². The third-order valence-corrected chi connectivity index (χ3v) is 10.4. The number of carbonyl (C=O) groups is 8. The summed E-state index contributed by atoms with van der Waals surface area (Å²) < 4.78 is 31.1. The van der Waals surface area contributed by atoms with E-state index in [1.165, 1.54) is 0 Å². The van der Waals surface area contributed by atoms with Gasteiger partial charge in [-0.05, 0) is 165 Å². The molecule has 0 saturated carbocycles. The van der Waals surface area contributed by atoms with Gasteiger partial charge in [0.2, 0.25) is 0 Å². The standard InChI is InChI=1S/C30H48N2O7.C16H30N2O6.C13H19NO2/c1-29(2,3)38-27(35)31-21-15-14-18-24(32-28(36)39-30(4,5)6)25(33)19-12-7-8-13-20-26(34)37-22-23-16-10-9-11-17-23;1-15(2,3)23-13(21)17-10-8-7-9-11(12(19)20)18-14(22)24-16(4,5)6;14-10-6-2-5-9-13(15)16-11-12-7-3-1-4-8-12/h9-11,16-17,24H,7-8,12-15,18-22H2,1-6H3,(H,31,35)(H,32,36);11H,7-10H2,1-6H3,(H,17,21)(H,18,22)(H,19,20);1,3-4,7-8H,2,5-6,9-11,14H2/t24-;11-;/m00./s1. The summed E-state index contributed by atoms with van der Waals surface area (Å²) in [5.41, 5.74) is 4.86. The fourth-order valence-corrected chi connectivity index (χ4v) is 6.73. The van der Waals surface area contributed by atoms with Gasteiger partial charge in [0.1, 0.15) is 41.7 Å². The lowest BCUT2D eigenvalue weighted by Crippen LogP contribution is -2.43. The maximum Gasteiger partial charge on any atom is 0.408 e. The number of hydrogen-bond acceptors (Lipinski definition) is 15. The van der Waals surface area contributed by atoms with E-state index in [1.54, 1.807) is 83.1 Å². The Kier molecular flexibility index (Phi) is 36.6. The summed E-state index contributed by atoms with van der Waals surface area (Å²) in [7, 11) is 0. The zero-order valence-electron chi connectivity index (χ0n) is 49.5. The third kappa shape index (κ3) is 46.2. The van der Waals surface area contributed by atoms with Gasteiger partial charge >= 0.3 is 42.3 Å². The number of Topliss-reactive ketones (excluding diaryl/α,β-unsaturated/α-hetero) is 1. The zero-order valence-corrected chi connectivity index (χ0v) is 49.5. The normalized spacial score (nSPS) is 12.0. The van der Waals surface area contributed by atoms with E-state index in [4.69, 9.17) is 39.3 Å². The highest BCUT2D eigenvalue weighted by Crippen LogP contribution is 2.15. The number of benzene rings is 2. The van der Waals surface area contributed by atoms with E-state index in [0.717, 1.165) is 43.2 Å². The number of unbranched alkanes of at least 4 members (excludes halogenated alkanes) is 7. The van der Waals surface area contributed by atoms with Gasteiger partial charge in [-0.2, -0.15) is 0 Å². The predicted octanol–water partition coefficient (Wildman–Crippen LogP) is 11.1. The minimum Gasteiger partial charge on any atom is -0.480 e. The number of carbonyl (C=O) groups excluding carboxylic acids is 7. The lowest BCUT2D eigenvalue weighted by molar-refractivity contribution is -0.146. The van der Waals surface area contributed by atoms with Crippen molar-refractivity contribution in [1.82, 2.24) is 21.3 Å². The summed E-state index contributed by atoms with van der Waals surface area (Å²) >= 11 is 0. The van der Waals surface area contributed by atoms with Crippen molar-refractivity contribution in [2.24, 2.45) is 5.73 Å². The van der Waals surface area contributed by atoms with Gasteiger partial charge in [-0.1, -0.05) is 79.9 Å². The van der Waals surface area contributed by atoms with Gasteiger partial charge in [-0.25, -0.2) is 24.0 Å². The number of ether oxygens (including phenoxy) is 6. The monoisotopic (exact) mass is 1120 g/mol. The quantitative estimate of drug-likeness (QED) is 0.0241. The molecule has 0 aliphatic heterocycles. The summed E-state index contributed by atoms with van der Waals surface area (Å²) in [5.74, 6) is -1.53. The first kappa shape index (κ1) is 72.6. The summed E-state index contributed by atoms with van der Waals surface area (Å²) in [5, 5.41) is 19.5. The molecule has 0 spiro atoms. The molecule has 448 valence electrons. The first-order chi connectivity index (χ1) is 36.9. The van der Waals surface area contributed by atoms with Crippen LogP contribution in [-0.4, -0.2) is 107 Å². The van der Waals surface area contributed by atoms with Crippen molar-refractivity contribution in [3.63, 3.8) is 0 Å². The Morgan fingerprint density at radius 2 is 0.785 bits per heavy atom. The molecular formula is C59H97N5O15. The van der Waals surface area contributed by atoms with Gasteiger partial charge in [0.05, 0.1) is 6.04 Å². The van der Waals surface area contributed by atoms with E-state index >= 15 is 0 Å². The van der Waals surface area contributed by atoms with Crippen LogP contribution in [0.15, 0.2) is 60.7 Å². The van der Waals surface area contributed by atoms with Crippen molar-refractivity contribution in [1.29, 1.82) is 0 Å². The molecule has 2 rings (SSSR count). The number of nitrogens with one attached hydrogen (secondary N) is 4. The zero-order chi connectivity index (χ0) is 59.9. The van der Waals surface area contributed by atoms with Crippen LogP contribution in [0.4, 0.5) is 19.2 Å². The third-order valence-electron chi connectivity index (χ3n) is 10.4. The van der Waals surface area contributed by atoms with E-state index in [-0.39, 0.29) is 30.7 Å². The number of alkyl carbamates (subject to hydrolysis) is 4. The highest BCUT2D eigenvalue weighted by Gasteiger charge is 2.26. The van der Waals surface area contributed by atoms with Crippen molar-refractivity contribution < 1.29 is 71.9 Å². The molecule has 7 N–H and O–H groups in total. The molecule has 20 nitrogen and oxygen atoms in total. The Balaban J connectivity index is 0.00000128. The first-order valence-electron chi connectivity index (χ1n) is 27.7. The topological polar surface area (TPSA) is 286 Å². The van der Waals surface area contributed by atoms with Crippen molar-refractivity contribution in [2.75, 3.05) is 19.6 Å². The minimum absolute atomic E-state index is 0.0526. The molecule has 4 amide bonds. The van der Waals surface area contributed by atoms with Gasteiger partial charge in [0, 0.05) is 32.4 Å². The molecule has 0 bridgehead atoms. The molecule has 0 aliphatic carbocycles. The number of hydrogen-bond donors (Lipinski definition) is 6. The number of amides is 4. The van der Waals surface area contributed by atoms with Crippen molar-refractivity contribution >= 4 is 48.1 Å². The Bertz CT molecular complexity index is 2060. The highest BCUT2D eigenvalue weighted by atomic mass is 16.6. The van der Waals surface area contributed by atoms with Crippen LogP contribution in [0.25, 0.3) is 0 Å². The number of ketones is 1. The number of carboxylic acid groups (broad SMARTS) is 1. The fourth-order valence-electron chi connectivity index (χ4n) is 6.73. The second-order valence-electron chi connectivity index (χ2n) is 22.9. The molecule has 79 heavy (non-hydrogen) atoms. The van der Waals surface area contributed by atoms with Crippen LogP contribution < -0.4 is 27.0 Å². The van der Waals surface area contributed by atoms with Crippen LogP contribution in [-0.2, 0) is 60.8 Å². The molecule has 2 aromatic rings. The number of rotatable bonds is 30. The van der Waals surface area contributed by atoms with E-state index in [2.05, 4.69) is 21.3 Å². The molecule has 2 atom stereocenters. The second kappa shape index (κ2) is 39.8. The number of esters is 2. The van der Waals surface area contributed by atoms with Gasteiger partial charge in [-0.3, -0.25) is 14.4 Å². The van der Waals surface area contributed by atoms with Crippen LogP contribution in [0.2, 0.25) is 0 Å². The Labute approximate surface area is 470 Å². The Morgan fingerprint density at radius 1 is 0.443 bits per heavy atom. The Morgan fingerprint density at radius 3 is 1.15 bits per heavy atom. The smallest absolute Gasteiger partial charge is 0.408 e. The first-order valence-corrected chi connectivity index (χ1v) is 27.7. The average Bonchev–Trinajstić information content (AvgIpc) is 3.32. The largest absolute Gasteiger partial charge is 0.480 e. The molecule has 0 fully saturated rings. The number of aliphatic carboxylic acids is 1. The van der Waals surface area contributed by atoms with Gasteiger partial charge < -0.3 is 60.5 Å². The molecule has 0 aliphatic rings. The molecule has 0 aromatic heterocycles. The van der Waals surface area contributed by atoms with Gasteiger partial charge in [-0.15, -0.1) is 0 Å². The summed E-state index contributed by atoms with van der Waals surface area (Å²) in [6.07, 6.45) is 7.66. The molecule has 0 heterocycles. The van der Waals surface area contributed by atoms with Crippen molar-refractivity contribution in [2.45, 2.75) is 234 Å².